The SMILES string of the molecule is O=C(NCCC1CCOC12CN(Cc1cccs1)C2)c1ccco1.O=C(O)C(F)(F)F. The molecule has 7 nitrogen and oxygen atoms in total. The number of carboxylic acids is 1. The van der Waals surface area contributed by atoms with Gasteiger partial charge in [0.1, 0.15) is 0 Å². The van der Waals surface area contributed by atoms with Gasteiger partial charge in [-0.05, 0) is 42.3 Å². The Balaban J connectivity index is 0.000000339. The van der Waals surface area contributed by atoms with E-state index >= 15 is 0 Å². The Morgan fingerprint density at radius 3 is 2.61 bits per heavy atom. The Morgan fingerprint density at radius 2 is 2.03 bits per heavy atom. The number of furan rings is 1. The quantitative estimate of drug-likeness (QED) is 0.687. The number of thiophene rings is 1. The van der Waals surface area contributed by atoms with Gasteiger partial charge in [0.25, 0.3) is 5.91 Å². The van der Waals surface area contributed by atoms with Crippen molar-refractivity contribution >= 4 is 23.2 Å². The van der Waals surface area contributed by atoms with Gasteiger partial charge in [-0.15, -0.1) is 11.3 Å². The molecule has 2 saturated heterocycles. The maximum absolute atomic E-state index is 11.9. The fourth-order valence-electron chi connectivity index (χ4n) is 3.84. The van der Waals surface area contributed by atoms with Crippen molar-refractivity contribution in [1.29, 1.82) is 0 Å². The van der Waals surface area contributed by atoms with Crippen LogP contribution in [0.5, 0.6) is 0 Å². The van der Waals surface area contributed by atoms with Gasteiger partial charge < -0.3 is 19.6 Å². The second-order valence-electron chi connectivity index (χ2n) is 7.45. The van der Waals surface area contributed by atoms with Crippen LogP contribution < -0.4 is 5.32 Å². The summed E-state index contributed by atoms with van der Waals surface area (Å²) >= 11 is 1.81. The molecular formula is C20H23F3N2O5S. The molecule has 2 aliphatic heterocycles. The summed E-state index contributed by atoms with van der Waals surface area (Å²) < 4.78 is 42.9. The molecule has 11 heteroatoms. The molecule has 31 heavy (non-hydrogen) atoms. The van der Waals surface area contributed by atoms with Crippen LogP contribution in [0, 0.1) is 5.92 Å². The summed E-state index contributed by atoms with van der Waals surface area (Å²) in [4.78, 5) is 24.7. The van der Waals surface area contributed by atoms with Crippen molar-refractivity contribution in [3.05, 3.63) is 46.5 Å². The average molecular weight is 460 g/mol. The average Bonchev–Trinajstić information content (AvgIpc) is 3.43. The smallest absolute Gasteiger partial charge is 0.475 e. The Morgan fingerprint density at radius 1 is 1.29 bits per heavy atom. The maximum atomic E-state index is 11.9. The van der Waals surface area contributed by atoms with Gasteiger partial charge in [-0.25, -0.2) is 4.79 Å². The van der Waals surface area contributed by atoms with Crippen molar-refractivity contribution in [2.75, 3.05) is 26.2 Å². The van der Waals surface area contributed by atoms with Gasteiger partial charge in [0, 0.05) is 37.7 Å². The zero-order valence-corrected chi connectivity index (χ0v) is 17.4. The van der Waals surface area contributed by atoms with Crippen molar-refractivity contribution in [3.8, 4) is 0 Å². The van der Waals surface area contributed by atoms with Crippen LogP contribution in [-0.4, -0.2) is 59.9 Å². The standard InChI is InChI=1S/C18H22N2O3S.C2HF3O2/c21-17(16-4-1-8-22-16)19-7-5-14-6-9-23-18(14)12-20(13-18)11-15-3-2-10-24-15;3-2(4,5)1(6)7/h1-4,8,10,14H,5-7,9,11-13H2,(H,19,21);(H,6,7). The lowest BCUT2D eigenvalue weighted by atomic mass is 9.79. The molecule has 1 spiro atoms. The lowest BCUT2D eigenvalue weighted by Crippen LogP contribution is -2.64. The van der Waals surface area contributed by atoms with Gasteiger partial charge in [-0.1, -0.05) is 6.07 Å². The highest BCUT2D eigenvalue weighted by atomic mass is 32.1. The number of hydrogen-bond acceptors (Lipinski definition) is 6. The van der Waals surface area contributed by atoms with Crippen LogP contribution in [-0.2, 0) is 16.1 Å². The molecule has 0 aromatic carbocycles. The van der Waals surface area contributed by atoms with E-state index in [9.17, 15) is 18.0 Å². The molecule has 2 aliphatic rings. The highest BCUT2D eigenvalue weighted by molar-refractivity contribution is 7.09. The van der Waals surface area contributed by atoms with Gasteiger partial charge in [-0.3, -0.25) is 9.69 Å². The number of carboxylic acid groups (broad SMARTS) is 1. The number of nitrogens with one attached hydrogen (secondary N) is 1. The van der Waals surface area contributed by atoms with Gasteiger partial charge in [0.15, 0.2) is 5.76 Å². The van der Waals surface area contributed by atoms with Crippen molar-refractivity contribution in [2.45, 2.75) is 31.2 Å². The molecule has 2 fully saturated rings. The van der Waals surface area contributed by atoms with Crippen LogP contribution in [0.4, 0.5) is 13.2 Å². The first kappa shape index (κ1) is 23.3. The van der Waals surface area contributed by atoms with Crippen LogP contribution in [0.1, 0.15) is 28.3 Å². The van der Waals surface area contributed by atoms with Crippen LogP contribution in [0.25, 0.3) is 0 Å². The molecular weight excluding hydrogens is 437 g/mol. The predicted octanol–water partition coefficient (Wildman–Crippen LogP) is 3.39. The van der Waals surface area contributed by atoms with E-state index in [0.717, 1.165) is 39.1 Å². The number of likely N-dealkylation sites (tertiary alicyclic amines) is 1. The highest BCUT2D eigenvalue weighted by Gasteiger charge is 2.52. The molecule has 2 aromatic rings. The van der Waals surface area contributed by atoms with Gasteiger partial charge >= 0.3 is 12.1 Å². The maximum Gasteiger partial charge on any atom is 0.490 e. The fourth-order valence-corrected chi connectivity index (χ4v) is 4.59. The molecule has 4 rings (SSSR count). The van der Waals surface area contributed by atoms with Gasteiger partial charge in [0.2, 0.25) is 0 Å². The zero-order chi connectivity index (χ0) is 22.5. The van der Waals surface area contributed by atoms with Crippen LogP contribution >= 0.6 is 11.3 Å². The summed E-state index contributed by atoms with van der Waals surface area (Å²) in [6.45, 7) is 4.53. The van der Waals surface area contributed by atoms with Crippen molar-refractivity contribution in [2.24, 2.45) is 5.92 Å². The summed E-state index contributed by atoms with van der Waals surface area (Å²) in [7, 11) is 0. The third-order valence-corrected chi connectivity index (χ3v) is 6.17. The number of amides is 1. The number of carbonyl (C=O) groups excluding carboxylic acids is 1. The van der Waals surface area contributed by atoms with E-state index in [-0.39, 0.29) is 11.5 Å². The second-order valence-corrected chi connectivity index (χ2v) is 8.48. The van der Waals surface area contributed by atoms with E-state index < -0.39 is 12.1 Å². The highest BCUT2D eigenvalue weighted by Crippen LogP contribution is 2.42. The fraction of sp³-hybridized carbons (Fsp3) is 0.500. The van der Waals surface area contributed by atoms with Gasteiger partial charge in [0.05, 0.1) is 11.9 Å². The first-order valence-electron chi connectivity index (χ1n) is 9.70. The molecule has 170 valence electrons. The van der Waals surface area contributed by atoms with E-state index in [1.807, 2.05) is 11.3 Å². The molecule has 0 radical (unpaired) electrons. The minimum absolute atomic E-state index is 0.00662. The Kier molecular flexibility index (Phi) is 7.39. The van der Waals surface area contributed by atoms with E-state index in [2.05, 4.69) is 27.7 Å². The lowest BCUT2D eigenvalue weighted by molar-refractivity contribution is -0.192. The summed E-state index contributed by atoms with van der Waals surface area (Å²) in [6.07, 6.45) is -1.52. The molecule has 2 aromatic heterocycles. The number of rotatable bonds is 6. The number of hydrogen-bond donors (Lipinski definition) is 2. The predicted molar refractivity (Wildman–Crippen MR) is 106 cm³/mol. The number of ether oxygens (including phenoxy) is 1. The summed E-state index contributed by atoms with van der Waals surface area (Å²) in [5.41, 5.74) is 0.00662. The van der Waals surface area contributed by atoms with E-state index in [4.69, 9.17) is 19.1 Å². The second kappa shape index (κ2) is 9.84. The van der Waals surface area contributed by atoms with E-state index in [1.54, 1.807) is 12.1 Å². The van der Waals surface area contributed by atoms with Gasteiger partial charge in [-0.2, -0.15) is 13.2 Å². The Bertz CT molecular complexity index is 849. The normalized spacial score (nSPS) is 20.0. The summed E-state index contributed by atoms with van der Waals surface area (Å²) in [6, 6.07) is 7.70. The van der Waals surface area contributed by atoms with E-state index in [0.29, 0.717) is 18.2 Å². The lowest BCUT2D eigenvalue weighted by Gasteiger charge is -2.50. The van der Waals surface area contributed by atoms with Crippen molar-refractivity contribution in [3.63, 3.8) is 0 Å². The Hall–Kier alpha value is -2.37. The summed E-state index contributed by atoms with van der Waals surface area (Å²) in [5.74, 6) is -2.00. The monoisotopic (exact) mass is 460 g/mol. The van der Waals surface area contributed by atoms with Crippen LogP contribution in [0.15, 0.2) is 40.3 Å². The zero-order valence-electron chi connectivity index (χ0n) is 16.6. The molecule has 1 unspecified atom stereocenters. The number of aliphatic carboxylic acids is 1. The van der Waals surface area contributed by atoms with E-state index in [1.165, 1.54) is 11.1 Å². The number of halogens is 3. The number of carbonyl (C=O) groups is 2. The Labute approximate surface area is 180 Å². The third kappa shape index (κ3) is 6.08. The minimum Gasteiger partial charge on any atom is -0.475 e. The third-order valence-electron chi connectivity index (χ3n) is 5.31. The molecule has 4 heterocycles. The first-order valence-corrected chi connectivity index (χ1v) is 10.6. The van der Waals surface area contributed by atoms with Crippen LogP contribution in [0.2, 0.25) is 0 Å². The molecule has 2 N–H and O–H groups in total. The molecule has 0 saturated carbocycles. The number of alkyl halides is 3. The number of nitrogens with zero attached hydrogens (tertiary/aromatic N) is 1. The molecule has 1 amide bonds. The van der Waals surface area contributed by atoms with Crippen molar-refractivity contribution in [1.82, 2.24) is 10.2 Å². The molecule has 0 bridgehead atoms. The largest absolute Gasteiger partial charge is 0.490 e. The molecule has 0 aliphatic carbocycles. The molecule has 1 atom stereocenters. The van der Waals surface area contributed by atoms with Crippen molar-refractivity contribution < 1.29 is 37.0 Å². The summed E-state index contributed by atoms with van der Waals surface area (Å²) in [5, 5.41) is 12.2. The topological polar surface area (TPSA) is 92.0 Å². The van der Waals surface area contributed by atoms with Crippen LogP contribution in [0.3, 0.4) is 0 Å². The first-order chi connectivity index (χ1) is 14.7. The minimum atomic E-state index is -5.08.